The average Bonchev–Trinajstić information content (AvgIpc) is 2.59. The number of nitrogens with zero attached hydrogens (tertiary/aromatic N) is 1. The van der Waals surface area contributed by atoms with E-state index in [1.807, 2.05) is 0 Å². The molecule has 134 valence electrons. The van der Waals surface area contributed by atoms with Gasteiger partial charge in [-0.25, -0.2) is 0 Å². The first-order valence-electron chi connectivity index (χ1n) is 8.22. The largest absolute Gasteiger partial charge is 0.482 e. The second kappa shape index (κ2) is 10.9. The van der Waals surface area contributed by atoms with Gasteiger partial charge in [-0.3, -0.25) is 9.59 Å². The van der Waals surface area contributed by atoms with Gasteiger partial charge in [0.25, 0.3) is 5.91 Å². The fourth-order valence-electron chi connectivity index (χ4n) is 2.27. The number of benzene rings is 1. The maximum Gasteiger partial charge on any atom is 0.310 e. The minimum absolute atomic E-state index is 0.107. The summed E-state index contributed by atoms with van der Waals surface area (Å²) in [6, 6.07) is 7.02. The number of para-hydroxylation sites is 1. The maximum atomic E-state index is 12.5. The number of rotatable bonds is 10. The Labute approximate surface area is 148 Å². The second-order valence-electron chi connectivity index (χ2n) is 5.69. The lowest BCUT2D eigenvalue weighted by Crippen LogP contribution is -2.40. The van der Waals surface area contributed by atoms with Gasteiger partial charge in [-0.05, 0) is 18.6 Å². The number of methoxy groups -OCH3 is 1. The molecule has 0 bridgehead atoms. The number of ether oxygens (including phenoxy) is 2. The summed E-state index contributed by atoms with van der Waals surface area (Å²) in [6.07, 6.45) is 2.98. The van der Waals surface area contributed by atoms with E-state index in [9.17, 15) is 9.59 Å². The Hall–Kier alpha value is -1.75. The highest BCUT2D eigenvalue weighted by Gasteiger charge is 2.21. The number of hydrogen-bond donors (Lipinski definition) is 0. The molecule has 0 aliphatic rings. The van der Waals surface area contributed by atoms with Gasteiger partial charge in [0.2, 0.25) is 0 Å². The molecule has 0 aromatic heterocycles. The molecule has 0 spiro atoms. The number of unbranched alkanes of at least 4 members (excludes halogenated alkanes) is 2. The Kier molecular flexibility index (Phi) is 9.23. The highest BCUT2D eigenvalue weighted by Crippen LogP contribution is 2.23. The first kappa shape index (κ1) is 20.3. The van der Waals surface area contributed by atoms with Gasteiger partial charge in [0.1, 0.15) is 5.75 Å². The predicted octanol–water partition coefficient (Wildman–Crippen LogP) is 3.55. The van der Waals surface area contributed by atoms with Crippen molar-refractivity contribution in [1.82, 2.24) is 4.90 Å². The maximum absolute atomic E-state index is 12.5. The monoisotopic (exact) mass is 355 g/mol. The molecule has 0 fully saturated rings. The molecule has 0 aliphatic carbocycles. The van der Waals surface area contributed by atoms with E-state index >= 15 is 0 Å². The molecule has 0 radical (unpaired) electrons. The first-order valence-corrected chi connectivity index (χ1v) is 8.60. The van der Waals surface area contributed by atoms with Crippen molar-refractivity contribution < 1.29 is 19.1 Å². The van der Waals surface area contributed by atoms with E-state index in [2.05, 4.69) is 6.92 Å². The van der Waals surface area contributed by atoms with E-state index in [4.69, 9.17) is 21.1 Å². The zero-order valence-electron chi connectivity index (χ0n) is 14.6. The van der Waals surface area contributed by atoms with Crippen molar-refractivity contribution in [1.29, 1.82) is 0 Å². The number of esters is 1. The Balaban J connectivity index is 2.64. The van der Waals surface area contributed by atoms with Crippen molar-refractivity contribution in [3.63, 3.8) is 0 Å². The number of carbonyl (C=O) groups excluding carboxylic acids is 2. The molecule has 1 atom stereocenters. The predicted molar refractivity (Wildman–Crippen MR) is 94.2 cm³/mol. The van der Waals surface area contributed by atoms with E-state index < -0.39 is 0 Å². The van der Waals surface area contributed by atoms with Crippen LogP contribution < -0.4 is 4.74 Å². The van der Waals surface area contributed by atoms with Crippen molar-refractivity contribution >= 4 is 23.5 Å². The van der Waals surface area contributed by atoms with Crippen molar-refractivity contribution in [2.24, 2.45) is 5.92 Å². The van der Waals surface area contributed by atoms with Gasteiger partial charge < -0.3 is 14.4 Å². The fraction of sp³-hybridized carbons (Fsp3) is 0.556. The zero-order chi connectivity index (χ0) is 17.9. The number of amides is 1. The molecule has 0 N–H and O–H groups in total. The van der Waals surface area contributed by atoms with Crippen LogP contribution in [0.5, 0.6) is 5.75 Å². The highest BCUT2D eigenvalue weighted by molar-refractivity contribution is 6.32. The van der Waals surface area contributed by atoms with Gasteiger partial charge in [0, 0.05) is 13.1 Å². The van der Waals surface area contributed by atoms with Gasteiger partial charge in [0.05, 0.1) is 18.1 Å². The number of halogens is 1. The van der Waals surface area contributed by atoms with Crippen molar-refractivity contribution in [3.8, 4) is 5.75 Å². The van der Waals surface area contributed by atoms with Crippen LogP contribution in [0.25, 0.3) is 0 Å². The molecule has 5 nitrogen and oxygen atoms in total. The van der Waals surface area contributed by atoms with Gasteiger partial charge in [-0.2, -0.15) is 0 Å². The van der Waals surface area contributed by atoms with Crippen LogP contribution in [0.3, 0.4) is 0 Å². The third-order valence-electron chi connectivity index (χ3n) is 3.67. The summed E-state index contributed by atoms with van der Waals surface area (Å²) in [7, 11) is 1.35. The molecule has 1 unspecified atom stereocenters. The Morgan fingerprint density at radius 1 is 1.25 bits per heavy atom. The summed E-state index contributed by atoms with van der Waals surface area (Å²) >= 11 is 6.02. The highest BCUT2D eigenvalue weighted by atomic mass is 35.5. The van der Waals surface area contributed by atoms with Crippen LogP contribution in [0.4, 0.5) is 0 Å². The average molecular weight is 356 g/mol. The minimum Gasteiger partial charge on any atom is -0.482 e. The lowest BCUT2D eigenvalue weighted by Gasteiger charge is -2.25. The fourth-order valence-corrected chi connectivity index (χ4v) is 2.46. The topological polar surface area (TPSA) is 55.8 Å². The van der Waals surface area contributed by atoms with Gasteiger partial charge in [0.15, 0.2) is 6.61 Å². The third-order valence-corrected chi connectivity index (χ3v) is 3.98. The molecule has 0 heterocycles. The number of hydrogen-bond acceptors (Lipinski definition) is 4. The molecule has 1 amide bonds. The quantitative estimate of drug-likeness (QED) is 0.475. The van der Waals surface area contributed by atoms with Crippen LogP contribution in [0.2, 0.25) is 5.02 Å². The lowest BCUT2D eigenvalue weighted by molar-refractivity contribution is -0.146. The van der Waals surface area contributed by atoms with E-state index in [0.717, 1.165) is 19.3 Å². The van der Waals surface area contributed by atoms with E-state index in [0.29, 0.717) is 23.9 Å². The molecule has 1 aromatic rings. The van der Waals surface area contributed by atoms with Crippen LogP contribution in [-0.2, 0) is 14.3 Å². The molecule has 0 saturated heterocycles. The minimum atomic E-state index is -0.374. The van der Waals surface area contributed by atoms with Crippen molar-refractivity contribution in [2.75, 3.05) is 26.8 Å². The number of carbonyl (C=O) groups is 2. The summed E-state index contributed by atoms with van der Waals surface area (Å²) in [5.74, 6) is -0.389. The van der Waals surface area contributed by atoms with Crippen LogP contribution in [0.1, 0.15) is 33.1 Å². The summed E-state index contributed by atoms with van der Waals surface area (Å²) in [5, 5.41) is 0.464. The Morgan fingerprint density at radius 2 is 1.96 bits per heavy atom. The van der Waals surface area contributed by atoms with Crippen molar-refractivity contribution in [2.45, 2.75) is 33.1 Å². The van der Waals surface area contributed by atoms with Crippen LogP contribution >= 0.6 is 11.6 Å². The molecular formula is C18H26ClNO4. The Morgan fingerprint density at radius 3 is 2.58 bits per heavy atom. The zero-order valence-corrected chi connectivity index (χ0v) is 15.3. The van der Waals surface area contributed by atoms with Crippen LogP contribution in [0.15, 0.2) is 24.3 Å². The van der Waals surface area contributed by atoms with Crippen LogP contribution in [-0.4, -0.2) is 43.6 Å². The lowest BCUT2D eigenvalue weighted by atomic mass is 10.1. The molecule has 24 heavy (non-hydrogen) atoms. The molecule has 0 aliphatic heterocycles. The molecule has 1 rings (SSSR count). The van der Waals surface area contributed by atoms with E-state index in [1.54, 1.807) is 36.1 Å². The molecule has 6 heteroatoms. The van der Waals surface area contributed by atoms with Gasteiger partial charge >= 0.3 is 5.97 Å². The molecular weight excluding hydrogens is 330 g/mol. The summed E-state index contributed by atoms with van der Waals surface area (Å²) in [6.45, 7) is 4.66. The molecule has 1 aromatic carbocycles. The van der Waals surface area contributed by atoms with Crippen molar-refractivity contribution in [3.05, 3.63) is 29.3 Å². The standard InChI is InChI=1S/C18H26ClNO4/c1-4-5-8-11-20(12-14(2)18(22)23-3)17(21)13-24-16-10-7-6-9-15(16)19/h6-7,9-10,14H,4-5,8,11-13H2,1-3H3. The summed E-state index contributed by atoms with van der Waals surface area (Å²) in [5.41, 5.74) is 0. The smallest absolute Gasteiger partial charge is 0.310 e. The summed E-state index contributed by atoms with van der Waals surface area (Å²) < 4.78 is 10.3. The molecule has 0 saturated carbocycles. The SMILES string of the molecule is CCCCCN(CC(C)C(=O)OC)C(=O)COc1ccccc1Cl. The summed E-state index contributed by atoms with van der Waals surface area (Å²) in [4.78, 5) is 25.7. The third kappa shape index (κ3) is 6.79. The first-order chi connectivity index (χ1) is 11.5. The van der Waals surface area contributed by atoms with E-state index in [-0.39, 0.29) is 24.4 Å². The van der Waals surface area contributed by atoms with Gasteiger partial charge in [-0.15, -0.1) is 0 Å². The van der Waals surface area contributed by atoms with Gasteiger partial charge in [-0.1, -0.05) is 50.4 Å². The normalized spacial score (nSPS) is 11.7. The second-order valence-corrected chi connectivity index (χ2v) is 6.10. The van der Waals surface area contributed by atoms with Crippen LogP contribution in [0, 0.1) is 5.92 Å². The Bertz CT molecular complexity index is 536. The van der Waals surface area contributed by atoms with E-state index in [1.165, 1.54) is 7.11 Å².